The zero-order valence-corrected chi connectivity index (χ0v) is 7.25. The van der Waals surface area contributed by atoms with Gasteiger partial charge >= 0.3 is 0 Å². The van der Waals surface area contributed by atoms with Gasteiger partial charge in [-0.2, -0.15) is 0 Å². The first-order valence-corrected chi connectivity index (χ1v) is 4.40. The first-order chi connectivity index (χ1) is 6.27. The maximum absolute atomic E-state index is 13.2. The summed E-state index contributed by atoms with van der Waals surface area (Å²) < 4.78 is 18.8. The van der Waals surface area contributed by atoms with E-state index in [4.69, 9.17) is 4.74 Å². The van der Waals surface area contributed by atoms with Gasteiger partial charge in [-0.3, -0.25) is 0 Å². The van der Waals surface area contributed by atoms with Crippen LogP contribution in [-0.4, -0.2) is 0 Å². The van der Waals surface area contributed by atoms with Crippen LogP contribution in [-0.2, 0) is 4.74 Å². The molecule has 2 heteroatoms. The fourth-order valence-corrected chi connectivity index (χ4v) is 2.14. The second-order valence-corrected chi connectivity index (χ2v) is 3.54. The summed E-state index contributed by atoms with van der Waals surface area (Å²) in [5, 5.41) is 0. The molecule has 3 rings (SSSR count). The molecular formula is C11H9FO. The van der Waals surface area contributed by atoms with Gasteiger partial charge in [-0.05, 0) is 29.7 Å². The number of benzene rings is 1. The van der Waals surface area contributed by atoms with Crippen LogP contribution >= 0.6 is 0 Å². The van der Waals surface area contributed by atoms with Gasteiger partial charge in [-0.15, -0.1) is 0 Å². The van der Waals surface area contributed by atoms with Crippen molar-refractivity contribution in [3.63, 3.8) is 0 Å². The first-order valence-electron chi connectivity index (χ1n) is 4.40. The van der Waals surface area contributed by atoms with Crippen molar-refractivity contribution in [2.75, 3.05) is 0 Å². The van der Waals surface area contributed by atoms with Gasteiger partial charge in [-0.25, -0.2) is 4.39 Å². The summed E-state index contributed by atoms with van der Waals surface area (Å²) in [6.07, 6.45) is 4.10. The molecule has 0 radical (unpaired) electrons. The Morgan fingerprint density at radius 3 is 2.85 bits per heavy atom. The second kappa shape index (κ2) is 2.20. The van der Waals surface area contributed by atoms with Gasteiger partial charge < -0.3 is 4.74 Å². The fourth-order valence-electron chi connectivity index (χ4n) is 2.14. The third-order valence-corrected chi connectivity index (χ3v) is 2.83. The Hall–Kier alpha value is -1.15. The summed E-state index contributed by atoms with van der Waals surface area (Å²) in [5.74, 6) is -0.136. The largest absolute Gasteiger partial charge is 0.357 e. The summed E-state index contributed by atoms with van der Waals surface area (Å²) >= 11 is 0. The zero-order chi connectivity index (χ0) is 9.00. The topological polar surface area (TPSA) is 9.23 Å². The number of ether oxygens (including phenoxy) is 1. The molecule has 0 saturated carbocycles. The Bertz CT molecular complexity index is 409. The summed E-state index contributed by atoms with van der Waals surface area (Å²) in [6.45, 7) is 1.81. The number of halogens is 1. The molecule has 2 bridgehead atoms. The molecule has 0 spiro atoms. The van der Waals surface area contributed by atoms with Crippen LogP contribution in [0.5, 0.6) is 0 Å². The Morgan fingerprint density at radius 2 is 2.00 bits per heavy atom. The van der Waals surface area contributed by atoms with Crippen molar-refractivity contribution < 1.29 is 9.13 Å². The number of rotatable bonds is 0. The van der Waals surface area contributed by atoms with E-state index in [9.17, 15) is 4.39 Å². The Kier molecular flexibility index (Phi) is 1.23. The number of hydrogen-bond acceptors (Lipinski definition) is 1. The standard InChI is InChI=1S/C11H9FO/c1-6-8(12)3-2-7-9-4-5-10(13-9)11(6)7/h2-5,9-10H,1H3. The lowest BCUT2D eigenvalue weighted by molar-refractivity contribution is 0.0876. The Morgan fingerprint density at radius 1 is 1.23 bits per heavy atom. The van der Waals surface area contributed by atoms with Crippen molar-refractivity contribution in [3.05, 3.63) is 46.8 Å². The minimum Gasteiger partial charge on any atom is -0.357 e. The van der Waals surface area contributed by atoms with E-state index < -0.39 is 0 Å². The van der Waals surface area contributed by atoms with Crippen LogP contribution in [0.4, 0.5) is 4.39 Å². The summed E-state index contributed by atoms with van der Waals surface area (Å²) in [7, 11) is 0. The van der Waals surface area contributed by atoms with Crippen molar-refractivity contribution in [1.29, 1.82) is 0 Å². The van der Waals surface area contributed by atoms with E-state index >= 15 is 0 Å². The molecule has 66 valence electrons. The van der Waals surface area contributed by atoms with Crippen molar-refractivity contribution in [2.45, 2.75) is 19.1 Å². The lowest BCUT2D eigenvalue weighted by Crippen LogP contribution is -1.98. The molecular weight excluding hydrogens is 167 g/mol. The van der Waals surface area contributed by atoms with E-state index in [2.05, 4.69) is 0 Å². The molecule has 1 nitrogen and oxygen atoms in total. The average Bonchev–Trinajstić information content (AvgIpc) is 2.70. The van der Waals surface area contributed by atoms with Gasteiger partial charge in [0.25, 0.3) is 0 Å². The van der Waals surface area contributed by atoms with Crippen LogP contribution in [0, 0.1) is 12.7 Å². The molecule has 2 aliphatic heterocycles. The summed E-state index contributed by atoms with van der Waals surface area (Å²) in [4.78, 5) is 0. The zero-order valence-electron chi connectivity index (χ0n) is 7.25. The van der Waals surface area contributed by atoms with E-state index in [0.717, 1.165) is 16.7 Å². The first kappa shape index (κ1) is 7.27. The van der Waals surface area contributed by atoms with Crippen LogP contribution < -0.4 is 0 Å². The second-order valence-electron chi connectivity index (χ2n) is 3.54. The highest BCUT2D eigenvalue weighted by Crippen LogP contribution is 2.47. The fraction of sp³-hybridized carbons (Fsp3) is 0.273. The predicted molar refractivity (Wildman–Crippen MR) is 46.8 cm³/mol. The van der Waals surface area contributed by atoms with Crippen LogP contribution in [0.15, 0.2) is 24.3 Å². The Labute approximate surface area is 75.8 Å². The highest BCUT2D eigenvalue weighted by atomic mass is 19.1. The van der Waals surface area contributed by atoms with Crippen molar-refractivity contribution >= 4 is 0 Å². The van der Waals surface area contributed by atoms with Crippen molar-refractivity contribution in [2.24, 2.45) is 0 Å². The molecule has 0 fully saturated rings. The monoisotopic (exact) mass is 176 g/mol. The molecule has 2 unspecified atom stereocenters. The normalized spacial score (nSPS) is 28.2. The van der Waals surface area contributed by atoms with Crippen molar-refractivity contribution in [1.82, 2.24) is 0 Å². The molecule has 0 saturated heterocycles. The molecule has 0 amide bonds. The van der Waals surface area contributed by atoms with Gasteiger partial charge in [0, 0.05) is 0 Å². The van der Waals surface area contributed by atoms with Gasteiger partial charge in [0.2, 0.25) is 0 Å². The molecule has 2 aliphatic rings. The highest BCUT2D eigenvalue weighted by Gasteiger charge is 2.35. The lowest BCUT2D eigenvalue weighted by atomic mass is 9.93. The molecule has 0 N–H and O–H groups in total. The van der Waals surface area contributed by atoms with E-state index in [1.165, 1.54) is 6.07 Å². The molecule has 13 heavy (non-hydrogen) atoms. The van der Waals surface area contributed by atoms with Crippen LogP contribution in [0.1, 0.15) is 28.9 Å². The minimum absolute atomic E-state index is 0.00398. The molecule has 2 heterocycles. The summed E-state index contributed by atoms with van der Waals surface area (Å²) in [6, 6.07) is 3.35. The molecule has 0 aromatic heterocycles. The van der Waals surface area contributed by atoms with E-state index in [1.54, 1.807) is 0 Å². The quantitative estimate of drug-likeness (QED) is 0.552. The molecule has 0 aliphatic carbocycles. The highest BCUT2D eigenvalue weighted by molar-refractivity contribution is 5.47. The van der Waals surface area contributed by atoms with Crippen LogP contribution in [0.25, 0.3) is 0 Å². The average molecular weight is 176 g/mol. The third-order valence-electron chi connectivity index (χ3n) is 2.83. The predicted octanol–water partition coefficient (Wildman–Crippen LogP) is 2.82. The Balaban J connectivity index is 2.30. The van der Waals surface area contributed by atoms with Gasteiger partial charge in [-0.1, -0.05) is 18.2 Å². The van der Waals surface area contributed by atoms with E-state index in [0.29, 0.717) is 0 Å². The van der Waals surface area contributed by atoms with E-state index in [1.807, 2.05) is 25.1 Å². The van der Waals surface area contributed by atoms with Crippen molar-refractivity contribution in [3.8, 4) is 0 Å². The smallest absolute Gasteiger partial charge is 0.126 e. The maximum Gasteiger partial charge on any atom is 0.126 e. The number of hydrogen-bond donors (Lipinski definition) is 0. The minimum atomic E-state index is -0.136. The molecule has 1 aromatic rings. The third kappa shape index (κ3) is 0.787. The van der Waals surface area contributed by atoms with Gasteiger partial charge in [0.15, 0.2) is 0 Å². The lowest BCUT2D eigenvalue weighted by Gasteiger charge is -2.10. The maximum atomic E-state index is 13.2. The number of fused-ring (bicyclic) bond motifs is 5. The summed E-state index contributed by atoms with van der Waals surface area (Å²) in [5.41, 5.74) is 2.90. The van der Waals surface area contributed by atoms with Gasteiger partial charge in [0.05, 0.1) is 0 Å². The van der Waals surface area contributed by atoms with Gasteiger partial charge in [0.1, 0.15) is 18.0 Å². The SMILES string of the molecule is Cc1c(F)ccc2c1C1C=CC2O1. The van der Waals surface area contributed by atoms with E-state index in [-0.39, 0.29) is 18.0 Å². The molecule has 1 aromatic carbocycles. The van der Waals surface area contributed by atoms with Crippen LogP contribution in [0.2, 0.25) is 0 Å². The molecule has 2 atom stereocenters. The van der Waals surface area contributed by atoms with Crippen LogP contribution in [0.3, 0.4) is 0 Å².